The van der Waals surface area contributed by atoms with Crippen molar-refractivity contribution in [3.63, 3.8) is 0 Å². The van der Waals surface area contributed by atoms with Gasteiger partial charge >= 0.3 is 5.97 Å². The fourth-order valence-corrected chi connectivity index (χ4v) is 2.46. The number of carboxylic acids is 1. The molecule has 0 spiro atoms. The van der Waals surface area contributed by atoms with Gasteiger partial charge in [0.15, 0.2) is 0 Å². The number of benzene rings is 2. The van der Waals surface area contributed by atoms with E-state index in [-0.39, 0.29) is 0 Å². The molecular formula is C19H24O3. The zero-order chi connectivity index (χ0) is 15.9. The Kier molecular flexibility index (Phi) is 5.82. The van der Waals surface area contributed by atoms with Crippen LogP contribution in [-0.4, -0.2) is 17.7 Å². The van der Waals surface area contributed by atoms with Crippen molar-refractivity contribution in [1.82, 2.24) is 0 Å². The molecule has 0 fully saturated rings. The van der Waals surface area contributed by atoms with Gasteiger partial charge in [0.2, 0.25) is 0 Å². The fourth-order valence-electron chi connectivity index (χ4n) is 2.46. The van der Waals surface area contributed by atoms with E-state index in [0.29, 0.717) is 0 Å². The summed E-state index contributed by atoms with van der Waals surface area (Å²) in [5.41, 5.74) is 0.827. The van der Waals surface area contributed by atoms with Gasteiger partial charge in [0, 0.05) is 0 Å². The van der Waals surface area contributed by atoms with Crippen LogP contribution in [-0.2, 0) is 4.79 Å². The smallest absolute Gasteiger partial charge is 0.310 e. The van der Waals surface area contributed by atoms with Crippen LogP contribution in [0.2, 0.25) is 0 Å². The Hall–Kier alpha value is -2.03. The van der Waals surface area contributed by atoms with Gasteiger partial charge in [-0.15, -0.1) is 0 Å². The molecule has 0 amide bonds. The minimum atomic E-state index is -0.800. The normalized spacial score (nSPS) is 12.3. The van der Waals surface area contributed by atoms with E-state index in [2.05, 4.69) is 6.92 Å². The Morgan fingerprint density at radius 2 is 1.82 bits per heavy atom. The summed E-state index contributed by atoms with van der Waals surface area (Å²) in [5.74, 6) is -0.409. The van der Waals surface area contributed by atoms with Crippen LogP contribution < -0.4 is 4.74 Å². The largest absolute Gasteiger partial charge is 0.494 e. The molecule has 3 heteroatoms. The molecule has 0 aliphatic rings. The summed E-state index contributed by atoms with van der Waals surface area (Å²) < 4.78 is 5.78. The van der Waals surface area contributed by atoms with Gasteiger partial charge in [-0.25, -0.2) is 0 Å². The van der Waals surface area contributed by atoms with Crippen molar-refractivity contribution in [2.75, 3.05) is 6.61 Å². The van der Waals surface area contributed by atoms with Gasteiger partial charge in [-0.05, 0) is 41.8 Å². The van der Waals surface area contributed by atoms with Crippen LogP contribution in [0, 0.1) is 0 Å². The first kappa shape index (κ1) is 16.3. The topological polar surface area (TPSA) is 46.5 Å². The van der Waals surface area contributed by atoms with Crippen molar-refractivity contribution < 1.29 is 14.6 Å². The van der Waals surface area contributed by atoms with Crippen molar-refractivity contribution in [2.24, 2.45) is 0 Å². The summed E-state index contributed by atoms with van der Waals surface area (Å²) in [7, 11) is 0. The summed E-state index contributed by atoms with van der Waals surface area (Å²) in [6.07, 6.45) is 4.78. The maximum absolute atomic E-state index is 11.1. The standard InChI is InChI=1S/C19H24O3/c1-3-4-5-6-11-22-18-10-9-16-12-15(14(2)19(20)21)7-8-17(16)13-18/h7-10,12-14H,3-6,11H2,1-2H3,(H,20,21). The van der Waals surface area contributed by atoms with Crippen LogP contribution in [0.3, 0.4) is 0 Å². The summed E-state index contributed by atoms with van der Waals surface area (Å²) in [4.78, 5) is 11.1. The predicted octanol–water partition coefficient (Wildman–Crippen LogP) is 4.99. The van der Waals surface area contributed by atoms with E-state index < -0.39 is 11.9 Å². The molecule has 0 radical (unpaired) electrons. The van der Waals surface area contributed by atoms with Crippen molar-refractivity contribution in [3.8, 4) is 5.75 Å². The highest BCUT2D eigenvalue weighted by molar-refractivity contribution is 5.86. The number of hydrogen-bond donors (Lipinski definition) is 1. The summed E-state index contributed by atoms with van der Waals surface area (Å²) in [6, 6.07) is 11.8. The second-order valence-corrected chi connectivity index (χ2v) is 5.74. The summed E-state index contributed by atoms with van der Waals surface area (Å²) in [5, 5.41) is 11.2. The van der Waals surface area contributed by atoms with E-state index in [9.17, 15) is 4.79 Å². The quantitative estimate of drug-likeness (QED) is 0.699. The van der Waals surface area contributed by atoms with Crippen LogP contribution in [0.15, 0.2) is 36.4 Å². The van der Waals surface area contributed by atoms with Crippen LogP contribution in [0.25, 0.3) is 10.8 Å². The molecule has 0 aliphatic carbocycles. The Balaban J connectivity index is 2.05. The maximum Gasteiger partial charge on any atom is 0.310 e. The molecule has 0 heterocycles. The minimum Gasteiger partial charge on any atom is -0.494 e. The first-order valence-electron chi connectivity index (χ1n) is 8.01. The van der Waals surface area contributed by atoms with E-state index in [1.165, 1.54) is 19.3 Å². The first-order valence-corrected chi connectivity index (χ1v) is 8.01. The Morgan fingerprint density at radius 1 is 1.09 bits per heavy atom. The predicted molar refractivity (Wildman–Crippen MR) is 89.6 cm³/mol. The van der Waals surface area contributed by atoms with E-state index in [4.69, 9.17) is 9.84 Å². The van der Waals surface area contributed by atoms with Crippen LogP contribution >= 0.6 is 0 Å². The highest BCUT2D eigenvalue weighted by Gasteiger charge is 2.13. The van der Waals surface area contributed by atoms with Gasteiger partial charge in [-0.2, -0.15) is 0 Å². The van der Waals surface area contributed by atoms with Crippen molar-refractivity contribution >= 4 is 16.7 Å². The summed E-state index contributed by atoms with van der Waals surface area (Å²) >= 11 is 0. The van der Waals surface area contributed by atoms with Gasteiger partial charge in [0.1, 0.15) is 5.75 Å². The van der Waals surface area contributed by atoms with E-state index >= 15 is 0 Å². The number of aliphatic carboxylic acids is 1. The lowest BCUT2D eigenvalue weighted by Crippen LogP contribution is -2.07. The molecule has 0 aliphatic heterocycles. The highest BCUT2D eigenvalue weighted by atomic mass is 16.5. The monoisotopic (exact) mass is 300 g/mol. The molecule has 2 aromatic rings. The molecule has 1 atom stereocenters. The lowest BCUT2D eigenvalue weighted by Gasteiger charge is -2.10. The molecule has 0 bridgehead atoms. The van der Waals surface area contributed by atoms with E-state index in [1.54, 1.807) is 6.92 Å². The lowest BCUT2D eigenvalue weighted by atomic mass is 9.98. The molecule has 0 aromatic heterocycles. The van der Waals surface area contributed by atoms with Gasteiger partial charge < -0.3 is 9.84 Å². The molecule has 22 heavy (non-hydrogen) atoms. The van der Waals surface area contributed by atoms with Crippen molar-refractivity contribution in [1.29, 1.82) is 0 Å². The number of carboxylic acid groups (broad SMARTS) is 1. The number of hydrogen-bond acceptors (Lipinski definition) is 2. The van der Waals surface area contributed by atoms with E-state index in [0.717, 1.165) is 35.1 Å². The number of fused-ring (bicyclic) bond motifs is 1. The molecule has 2 aromatic carbocycles. The number of rotatable bonds is 8. The molecule has 0 saturated heterocycles. The third-order valence-electron chi connectivity index (χ3n) is 3.97. The molecule has 1 N–H and O–H groups in total. The van der Waals surface area contributed by atoms with Gasteiger partial charge in [-0.1, -0.05) is 50.5 Å². The third-order valence-corrected chi connectivity index (χ3v) is 3.97. The molecule has 0 saturated carbocycles. The zero-order valence-electron chi connectivity index (χ0n) is 13.3. The first-order chi connectivity index (χ1) is 10.6. The van der Waals surface area contributed by atoms with Crippen molar-refractivity contribution in [3.05, 3.63) is 42.0 Å². The van der Waals surface area contributed by atoms with Gasteiger partial charge in [0.25, 0.3) is 0 Å². The fraction of sp³-hybridized carbons (Fsp3) is 0.421. The average molecular weight is 300 g/mol. The second kappa shape index (κ2) is 7.83. The minimum absolute atomic E-state index is 0.487. The number of unbranched alkanes of at least 4 members (excludes halogenated alkanes) is 3. The number of ether oxygens (including phenoxy) is 1. The van der Waals surface area contributed by atoms with Crippen LogP contribution in [0.4, 0.5) is 0 Å². The van der Waals surface area contributed by atoms with Gasteiger partial charge in [-0.3, -0.25) is 4.79 Å². The third kappa shape index (κ3) is 4.23. The van der Waals surface area contributed by atoms with E-state index in [1.807, 2.05) is 36.4 Å². The summed E-state index contributed by atoms with van der Waals surface area (Å²) in [6.45, 7) is 4.65. The molecule has 118 valence electrons. The Morgan fingerprint density at radius 3 is 2.55 bits per heavy atom. The Bertz CT molecular complexity index is 634. The maximum atomic E-state index is 11.1. The second-order valence-electron chi connectivity index (χ2n) is 5.74. The lowest BCUT2D eigenvalue weighted by molar-refractivity contribution is -0.138. The SMILES string of the molecule is CCCCCCOc1ccc2cc(C(C)C(=O)O)ccc2c1. The molecule has 2 rings (SSSR count). The number of carbonyl (C=O) groups is 1. The van der Waals surface area contributed by atoms with Crippen molar-refractivity contribution in [2.45, 2.75) is 45.4 Å². The molecule has 1 unspecified atom stereocenters. The van der Waals surface area contributed by atoms with Gasteiger partial charge in [0.05, 0.1) is 12.5 Å². The average Bonchev–Trinajstić information content (AvgIpc) is 2.53. The molecular weight excluding hydrogens is 276 g/mol. The molecule has 3 nitrogen and oxygen atoms in total. The van der Waals surface area contributed by atoms with Crippen LogP contribution in [0.5, 0.6) is 5.75 Å². The Labute approximate surface area is 131 Å². The highest BCUT2D eigenvalue weighted by Crippen LogP contribution is 2.25. The van der Waals surface area contributed by atoms with Crippen LogP contribution in [0.1, 0.15) is 51.0 Å². The zero-order valence-corrected chi connectivity index (χ0v) is 13.3.